The van der Waals surface area contributed by atoms with E-state index in [-0.39, 0.29) is 0 Å². The molecule has 0 aromatic carbocycles. The maximum absolute atomic E-state index is 6.12. The number of rotatable bonds is 15. The molecule has 0 aliphatic heterocycles. The van der Waals surface area contributed by atoms with Crippen molar-refractivity contribution < 1.29 is 0 Å². The van der Waals surface area contributed by atoms with Crippen molar-refractivity contribution in [2.45, 2.75) is 116 Å². The van der Waals surface area contributed by atoms with Gasteiger partial charge in [-0.05, 0) is 6.04 Å². The first-order chi connectivity index (χ1) is 9.56. The Bertz CT molecular complexity index is 186. The van der Waals surface area contributed by atoms with Gasteiger partial charge in [0.05, 0.1) is 0 Å². The Labute approximate surface area is 130 Å². The van der Waals surface area contributed by atoms with Crippen LogP contribution in [0.2, 0.25) is 19.1 Å². The van der Waals surface area contributed by atoms with Crippen molar-refractivity contribution in [1.82, 2.24) is 0 Å². The molecular weight excluding hydrogens is 258 g/mol. The van der Waals surface area contributed by atoms with Crippen LogP contribution in [0.3, 0.4) is 0 Å². The van der Waals surface area contributed by atoms with Crippen molar-refractivity contribution in [3.05, 3.63) is 0 Å². The van der Waals surface area contributed by atoms with Gasteiger partial charge in [-0.2, -0.15) is 0 Å². The Balaban J connectivity index is 2.99. The van der Waals surface area contributed by atoms with E-state index in [4.69, 9.17) is 5.40 Å². The zero-order valence-corrected chi connectivity index (χ0v) is 15.7. The summed E-state index contributed by atoms with van der Waals surface area (Å²) < 4.78 is 0. The maximum atomic E-state index is 6.12. The molecule has 0 fully saturated rings. The molecule has 0 unspecified atom stereocenters. The van der Waals surface area contributed by atoms with E-state index in [0.29, 0.717) is 0 Å². The topological polar surface area (TPSA) is 26.0 Å². The SMILES string of the molecule is CCCCCCCCCCCCCCCC[Si](C)(C)N. The summed E-state index contributed by atoms with van der Waals surface area (Å²) in [6.45, 7) is 6.84. The van der Waals surface area contributed by atoms with Crippen LogP contribution in [0.5, 0.6) is 0 Å². The monoisotopic (exact) mass is 299 g/mol. The molecule has 1 nitrogen and oxygen atoms in total. The van der Waals surface area contributed by atoms with Gasteiger partial charge in [-0.3, -0.25) is 0 Å². The van der Waals surface area contributed by atoms with Gasteiger partial charge in [0.2, 0.25) is 0 Å². The van der Waals surface area contributed by atoms with Crippen molar-refractivity contribution in [2.75, 3.05) is 0 Å². The average Bonchev–Trinajstić information content (AvgIpc) is 2.38. The van der Waals surface area contributed by atoms with Gasteiger partial charge >= 0.3 is 0 Å². The van der Waals surface area contributed by atoms with E-state index in [1.165, 1.54) is 95.9 Å². The van der Waals surface area contributed by atoms with E-state index < -0.39 is 8.24 Å². The second kappa shape index (κ2) is 14.1. The zero-order valence-electron chi connectivity index (χ0n) is 14.7. The molecule has 0 amide bonds. The maximum Gasteiger partial charge on any atom is 0.116 e. The predicted octanol–water partition coefficient (Wildman–Crippen LogP) is 6.63. The lowest BCUT2D eigenvalue weighted by Gasteiger charge is -2.14. The van der Waals surface area contributed by atoms with Gasteiger partial charge in [-0.25, -0.2) is 0 Å². The van der Waals surface area contributed by atoms with Crippen LogP contribution in [0.25, 0.3) is 0 Å². The van der Waals surface area contributed by atoms with Crippen LogP contribution in [0, 0.1) is 0 Å². The number of unbranched alkanes of at least 4 members (excludes halogenated alkanes) is 13. The van der Waals surface area contributed by atoms with Gasteiger partial charge in [0.15, 0.2) is 0 Å². The minimum Gasteiger partial charge on any atom is -0.351 e. The molecule has 0 aliphatic rings. The van der Waals surface area contributed by atoms with Crippen LogP contribution >= 0.6 is 0 Å². The van der Waals surface area contributed by atoms with Crippen LogP contribution in [0.15, 0.2) is 0 Å². The van der Waals surface area contributed by atoms with Gasteiger partial charge in [0.1, 0.15) is 8.24 Å². The van der Waals surface area contributed by atoms with Crippen molar-refractivity contribution in [2.24, 2.45) is 5.40 Å². The first kappa shape index (κ1) is 20.2. The smallest absolute Gasteiger partial charge is 0.116 e. The first-order valence-corrected chi connectivity index (χ1v) is 12.6. The zero-order chi connectivity index (χ0) is 15.1. The Morgan fingerprint density at radius 2 is 0.850 bits per heavy atom. The summed E-state index contributed by atoms with van der Waals surface area (Å²) in [4.78, 5) is 0. The minimum absolute atomic E-state index is 1.26. The summed E-state index contributed by atoms with van der Waals surface area (Å²) in [7, 11) is -1.26. The third-order valence-electron chi connectivity index (χ3n) is 4.17. The van der Waals surface area contributed by atoms with E-state index in [2.05, 4.69) is 20.0 Å². The molecule has 122 valence electrons. The predicted molar refractivity (Wildman–Crippen MR) is 96.8 cm³/mol. The van der Waals surface area contributed by atoms with E-state index in [1.54, 1.807) is 0 Å². The number of hydrogen-bond donors (Lipinski definition) is 1. The molecular formula is C18H41NSi. The quantitative estimate of drug-likeness (QED) is 0.266. The van der Waals surface area contributed by atoms with Crippen molar-refractivity contribution in [3.8, 4) is 0 Å². The molecule has 0 spiro atoms. The van der Waals surface area contributed by atoms with Gasteiger partial charge < -0.3 is 5.40 Å². The fourth-order valence-electron chi connectivity index (χ4n) is 2.78. The van der Waals surface area contributed by atoms with Crippen molar-refractivity contribution in [3.63, 3.8) is 0 Å². The molecule has 0 aromatic heterocycles. The summed E-state index contributed by atoms with van der Waals surface area (Å²) in [6, 6.07) is 1.31. The van der Waals surface area contributed by atoms with E-state index >= 15 is 0 Å². The molecule has 0 atom stereocenters. The summed E-state index contributed by atoms with van der Waals surface area (Å²) in [6.07, 6.45) is 20.2. The number of nitrogens with two attached hydrogens (primary N) is 1. The van der Waals surface area contributed by atoms with Crippen LogP contribution in [-0.4, -0.2) is 8.24 Å². The van der Waals surface area contributed by atoms with Crippen LogP contribution in [0.1, 0.15) is 96.8 Å². The molecule has 20 heavy (non-hydrogen) atoms. The molecule has 0 saturated heterocycles. The summed E-state index contributed by atoms with van der Waals surface area (Å²) in [5, 5.41) is 6.12. The summed E-state index contributed by atoms with van der Waals surface area (Å²) in [5.41, 5.74) is 0. The molecule has 0 heterocycles. The summed E-state index contributed by atoms with van der Waals surface area (Å²) in [5.74, 6) is 0. The third-order valence-corrected chi connectivity index (χ3v) is 5.82. The Hall–Kier alpha value is 0.177. The highest BCUT2D eigenvalue weighted by Crippen LogP contribution is 2.14. The fourth-order valence-corrected chi connectivity index (χ4v) is 3.94. The van der Waals surface area contributed by atoms with Crippen LogP contribution in [-0.2, 0) is 0 Å². The normalized spacial score (nSPS) is 12.0. The average molecular weight is 300 g/mol. The largest absolute Gasteiger partial charge is 0.351 e. The van der Waals surface area contributed by atoms with E-state index in [0.717, 1.165) is 0 Å². The van der Waals surface area contributed by atoms with Crippen molar-refractivity contribution >= 4 is 8.24 Å². The highest BCUT2D eigenvalue weighted by atomic mass is 28.3. The second-order valence-electron chi connectivity index (χ2n) is 7.33. The molecule has 0 bridgehead atoms. The van der Waals surface area contributed by atoms with Gasteiger partial charge in [-0.15, -0.1) is 0 Å². The fraction of sp³-hybridized carbons (Fsp3) is 1.00. The number of hydrogen-bond acceptors (Lipinski definition) is 1. The van der Waals surface area contributed by atoms with E-state index in [9.17, 15) is 0 Å². The Morgan fingerprint density at radius 3 is 1.15 bits per heavy atom. The molecule has 0 saturated carbocycles. The second-order valence-corrected chi connectivity index (χ2v) is 11.8. The van der Waals surface area contributed by atoms with Crippen LogP contribution < -0.4 is 5.40 Å². The summed E-state index contributed by atoms with van der Waals surface area (Å²) >= 11 is 0. The lowest BCUT2D eigenvalue weighted by molar-refractivity contribution is 0.538. The molecule has 0 rings (SSSR count). The molecule has 0 radical (unpaired) electrons. The van der Waals surface area contributed by atoms with E-state index in [1.807, 2.05) is 0 Å². The first-order valence-electron chi connectivity index (χ1n) is 9.35. The van der Waals surface area contributed by atoms with Crippen molar-refractivity contribution in [1.29, 1.82) is 0 Å². The highest BCUT2D eigenvalue weighted by Gasteiger charge is 2.12. The van der Waals surface area contributed by atoms with Gasteiger partial charge in [0.25, 0.3) is 0 Å². The standard InChI is InChI=1S/C18H41NSi/c1-4-5-6-7-8-9-10-11-12-13-14-15-16-17-18-20(2,3)19/h4-19H2,1-3H3. The molecule has 0 aromatic rings. The Morgan fingerprint density at radius 1 is 0.550 bits per heavy atom. The lowest BCUT2D eigenvalue weighted by Crippen LogP contribution is -2.37. The van der Waals surface area contributed by atoms with Gasteiger partial charge in [-0.1, -0.05) is 110 Å². The highest BCUT2D eigenvalue weighted by molar-refractivity contribution is 6.74. The third kappa shape index (κ3) is 18.2. The lowest BCUT2D eigenvalue weighted by atomic mass is 10.0. The Kier molecular flexibility index (Phi) is 14.3. The van der Waals surface area contributed by atoms with Gasteiger partial charge in [0, 0.05) is 0 Å². The molecule has 2 N–H and O–H groups in total. The molecule has 2 heteroatoms. The minimum atomic E-state index is -1.26. The molecule has 0 aliphatic carbocycles. The van der Waals surface area contributed by atoms with Crippen LogP contribution in [0.4, 0.5) is 0 Å².